The molecule has 9 rings (SSSR count). The minimum atomic E-state index is 1.13. The van der Waals surface area contributed by atoms with E-state index in [1.807, 2.05) is 11.3 Å². The molecule has 206 valence electrons. The second kappa shape index (κ2) is 10.1. The normalized spacial score (nSPS) is 11.6. The lowest BCUT2D eigenvalue weighted by Gasteiger charge is -2.27. The van der Waals surface area contributed by atoms with E-state index < -0.39 is 0 Å². The fourth-order valence-electron chi connectivity index (χ4n) is 6.70. The molecule has 0 saturated heterocycles. The predicted molar refractivity (Wildman–Crippen MR) is 192 cm³/mol. The first-order valence-electron chi connectivity index (χ1n) is 15.0. The number of hydrogen-bond donors (Lipinski definition) is 0. The standard InChI is InChI=1S/C42H27NS/c1-2-9-28(10-3-1)31-12-8-13-32(25-31)43(34-21-24-42-40(27-34)38-15-6-7-16-41(38)44-42)33-20-17-30-19-22-36-35-14-5-4-11-29(35)18-23-37(36)39(30)26-33/h1-27H. The van der Waals surface area contributed by atoms with Crippen LogP contribution in [0.2, 0.25) is 0 Å². The molecule has 0 unspecified atom stereocenters. The van der Waals surface area contributed by atoms with E-state index in [4.69, 9.17) is 0 Å². The Morgan fingerprint density at radius 1 is 0.318 bits per heavy atom. The van der Waals surface area contributed by atoms with Gasteiger partial charge in [0.1, 0.15) is 0 Å². The monoisotopic (exact) mass is 577 g/mol. The molecule has 1 heterocycles. The number of rotatable bonds is 4. The predicted octanol–water partition coefficient (Wildman–Crippen LogP) is 12.7. The van der Waals surface area contributed by atoms with Crippen molar-refractivity contribution in [1.82, 2.24) is 0 Å². The fraction of sp³-hybridized carbons (Fsp3) is 0. The van der Waals surface area contributed by atoms with Gasteiger partial charge in [0.2, 0.25) is 0 Å². The molecular weight excluding hydrogens is 551 g/mol. The van der Waals surface area contributed by atoms with Gasteiger partial charge in [-0.25, -0.2) is 0 Å². The van der Waals surface area contributed by atoms with Gasteiger partial charge in [-0.2, -0.15) is 0 Å². The molecule has 2 heteroatoms. The van der Waals surface area contributed by atoms with E-state index in [2.05, 4.69) is 169 Å². The SMILES string of the molecule is c1ccc(-c2cccc(N(c3ccc4ccc5c6ccccc6ccc5c4c3)c3ccc4sc5ccccc5c4c3)c2)cc1. The van der Waals surface area contributed by atoms with Gasteiger partial charge in [0.25, 0.3) is 0 Å². The fourth-order valence-corrected chi connectivity index (χ4v) is 7.79. The van der Waals surface area contributed by atoms with Crippen molar-refractivity contribution >= 4 is 80.9 Å². The average molecular weight is 578 g/mol. The first-order valence-corrected chi connectivity index (χ1v) is 15.8. The van der Waals surface area contributed by atoms with Crippen molar-refractivity contribution in [3.63, 3.8) is 0 Å². The third kappa shape index (κ3) is 4.07. The molecule has 0 bridgehead atoms. The Hall–Kier alpha value is -5.44. The van der Waals surface area contributed by atoms with Crippen LogP contribution in [0, 0.1) is 0 Å². The molecule has 8 aromatic carbocycles. The van der Waals surface area contributed by atoms with Gasteiger partial charge in [0.15, 0.2) is 0 Å². The van der Waals surface area contributed by atoms with Crippen LogP contribution < -0.4 is 4.90 Å². The summed E-state index contributed by atoms with van der Waals surface area (Å²) >= 11 is 1.86. The molecule has 0 atom stereocenters. The largest absolute Gasteiger partial charge is 0.310 e. The third-order valence-corrected chi connectivity index (χ3v) is 9.97. The maximum absolute atomic E-state index is 2.41. The van der Waals surface area contributed by atoms with Crippen LogP contribution in [-0.4, -0.2) is 0 Å². The Labute approximate surface area is 259 Å². The smallest absolute Gasteiger partial charge is 0.0468 e. The van der Waals surface area contributed by atoms with E-state index in [1.54, 1.807) is 0 Å². The number of anilines is 3. The molecular formula is C42H27NS. The molecule has 0 aliphatic carbocycles. The Balaban J connectivity index is 1.30. The molecule has 0 aliphatic heterocycles. The van der Waals surface area contributed by atoms with Gasteiger partial charge in [0, 0.05) is 37.2 Å². The molecule has 1 nitrogen and oxygen atoms in total. The van der Waals surface area contributed by atoms with Crippen LogP contribution in [0.1, 0.15) is 0 Å². The second-order valence-electron chi connectivity index (χ2n) is 11.4. The van der Waals surface area contributed by atoms with Crippen molar-refractivity contribution in [2.45, 2.75) is 0 Å². The topological polar surface area (TPSA) is 3.24 Å². The highest BCUT2D eigenvalue weighted by Crippen LogP contribution is 2.43. The summed E-state index contributed by atoms with van der Waals surface area (Å²) in [5.41, 5.74) is 5.84. The van der Waals surface area contributed by atoms with Crippen LogP contribution in [0.25, 0.3) is 63.6 Å². The minimum Gasteiger partial charge on any atom is -0.310 e. The summed E-state index contributed by atoms with van der Waals surface area (Å²) in [7, 11) is 0. The lowest BCUT2D eigenvalue weighted by molar-refractivity contribution is 1.30. The van der Waals surface area contributed by atoms with Crippen molar-refractivity contribution in [2.75, 3.05) is 4.90 Å². The van der Waals surface area contributed by atoms with E-state index in [0.29, 0.717) is 0 Å². The van der Waals surface area contributed by atoms with Gasteiger partial charge in [-0.15, -0.1) is 11.3 Å². The number of thiophene rings is 1. The highest BCUT2D eigenvalue weighted by molar-refractivity contribution is 7.25. The van der Waals surface area contributed by atoms with E-state index in [-0.39, 0.29) is 0 Å². The molecule has 0 N–H and O–H groups in total. The number of nitrogens with zero attached hydrogens (tertiary/aromatic N) is 1. The quantitative estimate of drug-likeness (QED) is 0.188. The molecule has 0 saturated carbocycles. The van der Waals surface area contributed by atoms with Gasteiger partial charge in [-0.3, -0.25) is 0 Å². The van der Waals surface area contributed by atoms with Crippen LogP contribution in [-0.2, 0) is 0 Å². The zero-order chi connectivity index (χ0) is 29.0. The molecule has 0 aliphatic rings. The zero-order valence-corrected chi connectivity index (χ0v) is 24.8. The summed E-state index contributed by atoms with van der Waals surface area (Å²) in [6.45, 7) is 0. The first-order chi connectivity index (χ1) is 21.8. The number of fused-ring (bicyclic) bond motifs is 8. The summed E-state index contributed by atoms with van der Waals surface area (Å²) < 4.78 is 2.63. The van der Waals surface area contributed by atoms with Crippen LogP contribution in [0.3, 0.4) is 0 Å². The molecule has 1 aromatic heterocycles. The molecule has 9 aromatic rings. The highest BCUT2D eigenvalue weighted by atomic mass is 32.1. The maximum atomic E-state index is 2.41. The Kier molecular flexibility index (Phi) is 5.75. The van der Waals surface area contributed by atoms with Crippen molar-refractivity contribution < 1.29 is 0 Å². The van der Waals surface area contributed by atoms with Crippen LogP contribution in [0.15, 0.2) is 164 Å². The Bertz CT molecular complexity index is 2510. The van der Waals surface area contributed by atoms with Crippen LogP contribution >= 0.6 is 11.3 Å². The maximum Gasteiger partial charge on any atom is 0.0468 e. The molecule has 44 heavy (non-hydrogen) atoms. The molecule has 0 spiro atoms. The minimum absolute atomic E-state index is 1.13. The highest BCUT2D eigenvalue weighted by Gasteiger charge is 2.17. The van der Waals surface area contributed by atoms with E-state index in [9.17, 15) is 0 Å². The molecule has 0 amide bonds. The van der Waals surface area contributed by atoms with E-state index >= 15 is 0 Å². The summed E-state index contributed by atoms with van der Waals surface area (Å²) in [5, 5.41) is 10.2. The molecule has 0 radical (unpaired) electrons. The number of hydrogen-bond acceptors (Lipinski definition) is 2. The van der Waals surface area contributed by atoms with Crippen molar-refractivity contribution in [2.24, 2.45) is 0 Å². The van der Waals surface area contributed by atoms with Gasteiger partial charge in [-0.1, -0.05) is 115 Å². The lowest BCUT2D eigenvalue weighted by atomic mass is 9.96. The van der Waals surface area contributed by atoms with Crippen molar-refractivity contribution in [3.05, 3.63) is 164 Å². The summed E-state index contributed by atoms with van der Waals surface area (Å²) in [6.07, 6.45) is 0. The van der Waals surface area contributed by atoms with Crippen LogP contribution in [0.5, 0.6) is 0 Å². The van der Waals surface area contributed by atoms with Crippen molar-refractivity contribution in [3.8, 4) is 11.1 Å². The first kappa shape index (κ1) is 25.1. The van der Waals surface area contributed by atoms with Gasteiger partial charge in [-0.05, 0) is 92.0 Å². The Morgan fingerprint density at radius 3 is 1.77 bits per heavy atom. The van der Waals surface area contributed by atoms with Crippen molar-refractivity contribution in [1.29, 1.82) is 0 Å². The second-order valence-corrected chi connectivity index (χ2v) is 12.5. The van der Waals surface area contributed by atoms with Gasteiger partial charge >= 0.3 is 0 Å². The zero-order valence-electron chi connectivity index (χ0n) is 23.9. The average Bonchev–Trinajstić information content (AvgIpc) is 3.47. The summed E-state index contributed by atoms with van der Waals surface area (Å²) in [4.78, 5) is 2.41. The lowest BCUT2D eigenvalue weighted by Crippen LogP contribution is -2.10. The molecule has 0 fully saturated rings. The Morgan fingerprint density at radius 2 is 0.909 bits per heavy atom. The van der Waals surface area contributed by atoms with Gasteiger partial charge < -0.3 is 4.90 Å². The van der Waals surface area contributed by atoms with Gasteiger partial charge in [0.05, 0.1) is 0 Å². The third-order valence-electron chi connectivity index (χ3n) is 8.82. The van der Waals surface area contributed by atoms with Crippen LogP contribution in [0.4, 0.5) is 17.1 Å². The number of benzene rings is 8. The summed E-state index contributed by atoms with van der Waals surface area (Å²) in [5.74, 6) is 0. The summed E-state index contributed by atoms with van der Waals surface area (Å²) in [6, 6.07) is 59.9. The van der Waals surface area contributed by atoms with E-state index in [0.717, 1.165) is 17.1 Å². The van der Waals surface area contributed by atoms with E-state index in [1.165, 1.54) is 63.6 Å².